The van der Waals surface area contributed by atoms with E-state index in [1.807, 2.05) is 36.2 Å². The molecule has 0 aromatic heterocycles. The number of hydrogen-bond donors (Lipinski definition) is 2. The number of rotatable bonds is 10. The van der Waals surface area contributed by atoms with Gasteiger partial charge in [0.2, 0.25) is 10.0 Å². The topological polar surface area (TPSA) is 102 Å². The SMILES string of the molecule is CCN(CC)S(=O)(=O)c1cccc(C(=O)N/N=C/c2ccc(N(C)CCO)cc2)c1. The summed E-state index contributed by atoms with van der Waals surface area (Å²) in [7, 11) is -1.76. The second-order valence-electron chi connectivity index (χ2n) is 6.55. The van der Waals surface area contributed by atoms with Gasteiger partial charge in [0, 0.05) is 37.9 Å². The molecule has 2 aromatic carbocycles. The number of likely N-dealkylation sites (N-methyl/N-ethyl adjacent to an activating group) is 1. The molecule has 9 heteroatoms. The summed E-state index contributed by atoms with van der Waals surface area (Å²) in [4.78, 5) is 14.4. The van der Waals surface area contributed by atoms with Gasteiger partial charge in [-0.25, -0.2) is 13.8 Å². The van der Waals surface area contributed by atoms with Gasteiger partial charge in [-0.15, -0.1) is 0 Å². The van der Waals surface area contributed by atoms with E-state index < -0.39 is 15.9 Å². The molecule has 0 aliphatic carbocycles. The third-order valence-electron chi connectivity index (χ3n) is 4.59. The summed E-state index contributed by atoms with van der Waals surface area (Å²) in [6, 6.07) is 13.4. The number of nitrogens with zero attached hydrogens (tertiary/aromatic N) is 3. The smallest absolute Gasteiger partial charge is 0.271 e. The molecule has 2 aromatic rings. The van der Waals surface area contributed by atoms with Crippen LogP contribution in [-0.4, -0.2) is 63.2 Å². The first-order valence-electron chi connectivity index (χ1n) is 9.69. The van der Waals surface area contributed by atoms with Gasteiger partial charge in [0.1, 0.15) is 0 Å². The minimum atomic E-state index is -3.64. The first-order chi connectivity index (χ1) is 14.3. The molecule has 8 nitrogen and oxygen atoms in total. The Bertz CT molecular complexity index is 971. The summed E-state index contributed by atoms with van der Waals surface area (Å²) in [6.45, 7) is 4.85. The number of nitrogens with one attached hydrogen (secondary N) is 1. The van der Waals surface area contributed by atoms with Gasteiger partial charge in [-0.2, -0.15) is 9.41 Å². The van der Waals surface area contributed by atoms with E-state index in [0.29, 0.717) is 19.6 Å². The molecule has 0 unspecified atom stereocenters. The largest absolute Gasteiger partial charge is 0.395 e. The number of hydrazone groups is 1. The second kappa shape index (κ2) is 10.9. The maximum absolute atomic E-state index is 12.6. The molecule has 0 spiro atoms. The Balaban J connectivity index is 2.06. The molecular formula is C21H28N4O4S. The van der Waals surface area contributed by atoms with Gasteiger partial charge in [-0.3, -0.25) is 4.79 Å². The van der Waals surface area contributed by atoms with Crippen LogP contribution in [0.3, 0.4) is 0 Å². The van der Waals surface area contributed by atoms with Crippen molar-refractivity contribution in [3.05, 3.63) is 59.7 Å². The molecule has 0 aliphatic heterocycles. The molecule has 0 saturated heterocycles. The lowest BCUT2D eigenvalue weighted by atomic mass is 10.2. The summed E-state index contributed by atoms with van der Waals surface area (Å²) < 4.78 is 26.6. The normalized spacial score (nSPS) is 11.8. The predicted molar refractivity (Wildman–Crippen MR) is 118 cm³/mol. The molecule has 30 heavy (non-hydrogen) atoms. The van der Waals surface area contributed by atoms with E-state index in [1.165, 1.54) is 34.8 Å². The fourth-order valence-electron chi connectivity index (χ4n) is 2.83. The van der Waals surface area contributed by atoms with Crippen molar-refractivity contribution in [1.29, 1.82) is 0 Å². The van der Waals surface area contributed by atoms with E-state index in [1.54, 1.807) is 13.8 Å². The third-order valence-corrected chi connectivity index (χ3v) is 6.63. The van der Waals surface area contributed by atoms with E-state index in [2.05, 4.69) is 10.5 Å². The Morgan fingerprint density at radius 3 is 2.40 bits per heavy atom. The molecule has 0 radical (unpaired) electrons. The quantitative estimate of drug-likeness (QED) is 0.441. The van der Waals surface area contributed by atoms with Crippen molar-refractivity contribution in [3.63, 3.8) is 0 Å². The van der Waals surface area contributed by atoms with Crippen molar-refractivity contribution < 1.29 is 18.3 Å². The van der Waals surface area contributed by atoms with Gasteiger partial charge in [-0.1, -0.05) is 32.0 Å². The highest BCUT2D eigenvalue weighted by molar-refractivity contribution is 7.89. The zero-order valence-electron chi connectivity index (χ0n) is 17.4. The summed E-state index contributed by atoms with van der Waals surface area (Å²) in [5.74, 6) is -0.498. The van der Waals surface area contributed by atoms with Crippen molar-refractivity contribution in [2.45, 2.75) is 18.7 Å². The van der Waals surface area contributed by atoms with Crippen LogP contribution in [0.5, 0.6) is 0 Å². The highest BCUT2D eigenvalue weighted by Gasteiger charge is 2.22. The van der Waals surface area contributed by atoms with Crippen LogP contribution in [0.2, 0.25) is 0 Å². The zero-order valence-corrected chi connectivity index (χ0v) is 18.3. The number of aliphatic hydroxyl groups is 1. The first kappa shape index (κ1) is 23.5. The van der Waals surface area contributed by atoms with Gasteiger partial charge < -0.3 is 10.0 Å². The van der Waals surface area contributed by atoms with Crippen LogP contribution >= 0.6 is 0 Å². The average Bonchev–Trinajstić information content (AvgIpc) is 2.75. The number of aliphatic hydroxyl groups excluding tert-OH is 1. The van der Waals surface area contributed by atoms with E-state index in [-0.39, 0.29) is 17.1 Å². The zero-order chi connectivity index (χ0) is 22.1. The highest BCUT2D eigenvalue weighted by Crippen LogP contribution is 2.17. The van der Waals surface area contributed by atoms with Crippen LogP contribution in [-0.2, 0) is 10.0 Å². The Morgan fingerprint density at radius 1 is 1.13 bits per heavy atom. The monoisotopic (exact) mass is 432 g/mol. The number of hydrogen-bond acceptors (Lipinski definition) is 6. The van der Waals surface area contributed by atoms with Crippen molar-refractivity contribution in [1.82, 2.24) is 9.73 Å². The van der Waals surface area contributed by atoms with Gasteiger partial charge >= 0.3 is 0 Å². The fraction of sp³-hybridized carbons (Fsp3) is 0.333. The lowest BCUT2D eigenvalue weighted by Crippen LogP contribution is -2.30. The molecule has 0 fully saturated rings. The summed E-state index contributed by atoms with van der Waals surface area (Å²) in [5, 5.41) is 12.9. The molecule has 0 bridgehead atoms. The second-order valence-corrected chi connectivity index (χ2v) is 8.49. The number of carbonyl (C=O) groups excluding carboxylic acids is 1. The van der Waals surface area contributed by atoms with Crippen LogP contribution in [0.4, 0.5) is 5.69 Å². The highest BCUT2D eigenvalue weighted by atomic mass is 32.2. The molecule has 1 amide bonds. The Morgan fingerprint density at radius 2 is 1.80 bits per heavy atom. The maximum Gasteiger partial charge on any atom is 0.271 e. The number of amides is 1. The summed E-state index contributed by atoms with van der Waals surface area (Å²) >= 11 is 0. The van der Waals surface area contributed by atoms with Crippen LogP contribution in [0.1, 0.15) is 29.8 Å². The lowest BCUT2D eigenvalue weighted by Gasteiger charge is -2.18. The Hall–Kier alpha value is -2.75. The molecule has 0 aliphatic rings. The molecule has 2 rings (SSSR count). The molecule has 0 saturated carbocycles. The van der Waals surface area contributed by atoms with Gasteiger partial charge in [0.05, 0.1) is 17.7 Å². The van der Waals surface area contributed by atoms with Gasteiger partial charge in [0.25, 0.3) is 5.91 Å². The minimum absolute atomic E-state index is 0.0726. The molecule has 2 N–H and O–H groups in total. The number of benzene rings is 2. The number of anilines is 1. The Kier molecular flexibility index (Phi) is 8.52. The number of sulfonamides is 1. The summed E-state index contributed by atoms with van der Waals surface area (Å²) in [6.07, 6.45) is 1.50. The maximum atomic E-state index is 12.6. The summed E-state index contributed by atoms with van der Waals surface area (Å²) in [5.41, 5.74) is 4.37. The van der Waals surface area contributed by atoms with Gasteiger partial charge in [0.15, 0.2) is 0 Å². The van der Waals surface area contributed by atoms with Crippen molar-refractivity contribution in [2.24, 2.45) is 5.10 Å². The lowest BCUT2D eigenvalue weighted by molar-refractivity contribution is 0.0955. The minimum Gasteiger partial charge on any atom is -0.395 e. The standard InChI is InChI=1S/C21H28N4O4S/c1-4-25(5-2)30(28,29)20-8-6-7-18(15-20)21(27)23-22-16-17-9-11-19(12-10-17)24(3)13-14-26/h6-12,15-16,26H,4-5,13-14H2,1-3H3,(H,23,27)/b22-16+. The third kappa shape index (κ3) is 5.88. The Labute approximate surface area is 177 Å². The average molecular weight is 433 g/mol. The van der Waals surface area contributed by atoms with Crippen LogP contribution < -0.4 is 10.3 Å². The van der Waals surface area contributed by atoms with Gasteiger partial charge in [-0.05, 0) is 35.9 Å². The fourth-order valence-corrected chi connectivity index (χ4v) is 4.34. The van der Waals surface area contributed by atoms with Crippen LogP contribution in [0, 0.1) is 0 Å². The molecule has 0 heterocycles. The van der Waals surface area contributed by atoms with Crippen LogP contribution in [0.25, 0.3) is 0 Å². The van der Waals surface area contributed by atoms with Crippen LogP contribution in [0.15, 0.2) is 58.5 Å². The van der Waals surface area contributed by atoms with E-state index in [9.17, 15) is 13.2 Å². The number of carbonyl (C=O) groups is 1. The predicted octanol–water partition coefficient (Wildman–Crippen LogP) is 1.91. The molecule has 162 valence electrons. The van der Waals surface area contributed by atoms with Crippen molar-refractivity contribution >= 4 is 27.8 Å². The van der Waals surface area contributed by atoms with E-state index in [0.717, 1.165) is 11.3 Å². The van der Waals surface area contributed by atoms with Crippen molar-refractivity contribution in [3.8, 4) is 0 Å². The first-order valence-corrected chi connectivity index (χ1v) is 11.1. The molecule has 0 atom stereocenters. The van der Waals surface area contributed by atoms with E-state index >= 15 is 0 Å². The van der Waals surface area contributed by atoms with E-state index in [4.69, 9.17) is 5.11 Å². The van der Waals surface area contributed by atoms with Crippen molar-refractivity contribution in [2.75, 3.05) is 38.2 Å². The molecular weight excluding hydrogens is 404 g/mol.